The van der Waals surface area contributed by atoms with Gasteiger partial charge in [0.2, 0.25) is 5.91 Å². The van der Waals surface area contributed by atoms with Crippen molar-refractivity contribution in [3.8, 4) is 0 Å². The topological polar surface area (TPSA) is 41.1 Å². The van der Waals surface area contributed by atoms with Crippen molar-refractivity contribution in [2.24, 2.45) is 0 Å². The van der Waals surface area contributed by atoms with E-state index in [-0.39, 0.29) is 5.91 Å². The van der Waals surface area contributed by atoms with Gasteiger partial charge in [0.25, 0.3) is 0 Å². The van der Waals surface area contributed by atoms with Crippen LogP contribution in [0.2, 0.25) is 0 Å². The number of hydrogen-bond acceptors (Lipinski definition) is 2. The zero-order valence-electron chi connectivity index (χ0n) is 11.3. The van der Waals surface area contributed by atoms with Crippen LogP contribution in [0.1, 0.15) is 11.1 Å². The van der Waals surface area contributed by atoms with Gasteiger partial charge in [0.05, 0.1) is 0 Å². The minimum Gasteiger partial charge on any atom is -0.353 e. The van der Waals surface area contributed by atoms with E-state index < -0.39 is 5.54 Å². The van der Waals surface area contributed by atoms with Crippen molar-refractivity contribution < 1.29 is 4.79 Å². The molecule has 102 valence electrons. The average Bonchev–Trinajstić information content (AvgIpc) is 2.52. The first-order chi connectivity index (χ1) is 9.81. The van der Waals surface area contributed by atoms with Crippen LogP contribution in [0.25, 0.3) is 0 Å². The minimum atomic E-state index is -0.666. The van der Waals surface area contributed by atoms with Gasteiger partial charge in [0.1, 0.15) is 5.54 Å². The Morgan fingerprint density at radius 1 is 0.900 bits per heavy atom. The van der Waals surface area contributed by atoms with Gasteiger partial charge in [-0.3, -0.25) is 10.1 Å². The SMILES string of the molecule is O=C1NCCNC1(Cc1ccccc1)c1ccccc1. The zero-order chi connectivity index (χ0) is 13.8. The largest absolute Gasteiger partial charge is 0.353 e. The van der Waals surface area contributed by atoms with Crippen molar-refractivity contribution >= 4 is 5.91 Å². The summed E-state index contributed by atoms with van der Waals surface area (Å²) in [5.41, 5.74) is 1.50. The van der Waals surface area contributed by atoms with E-state index in [0.717, 1.165) is 17.7 Å². The lowest BCUT2D eigenvalue weighted by molar-refractivity contribution is -0.129. The number of hydrogen-bond donors (Lipinski definition) is 2. The monoisotopic (exact) mass is 266 g/mol. The standard InChI is InChI=1S/C17H18N2O/c20-16-17(19-12-11-18-16,15-9-5-2-6-10-15)13-14-7-3-1-4-8-14/h1-10,19H,11-13H2,(H,18,20). The molecule has 3 rings (SSSR count). The highest BCUT2D eigenvalue weighted by molar-refractivity contribution is 5.88. The fourth-order valence-corrected chi connectivity index (χ4v) is 2.79. The first-order valence-corrected chi connectivity index (χ1v) is 6.94. The number of carbonyl (C=O) groups excluding carboxylic acids is 1. The molecule has 0 bridgehead atoms. The lowest BCUT2D eigenvalue weighted by Crippen LogP contribution is -2.62. The van der Waals surface area contributed by atoms with Gasteiger partial charge in [0.15, 0.2) is 0 Å². The first kappa shape index (κ1) is 12.9. The molecular weight excluding hydrogens is 248 g/mol. The number of rotatable bonds is 3. The molecule has 0 spiro atoms. The summed E-state index contributed by atoms with van der Waals surface area (Å²) in [5, 5.41) is 6.43. The van der Waals surface area contributed by atoms with E-state index in [1.165, 1.54) is 0 Å². The van der Waals surface area contributed by atoms with Gasteiger partial charge in [-0.15, -0.1) is 0 Å². The second kappa shape index (κ2) is 5.47. The van der Waals surface area contributed by atoms with Crippen LogP contribution < -0.4 is 10.6 Å². The summed E-state index contributed by atoms with van der Waals surface area (Å²) in [4.78, 5) is 12.5. The Labute approximate surface area is 119 Å². The maximum absolute atomic E-state index is 12.5. The Balaban J connectivity index is 2.02. The third-order valence-corrected chi connectivity index (χ3v) is 3.80. The first-order valence-electron chi connectivity index (χ1n) is 6.94. The molecule has 0 radical (unpaired) electrons. The van der Waals surface area contributed by atoms with E-state index in [0.29, 0.717) is 13.0 Å². The summed E-state index contributed by atoms with van der Waals surface area (Å²) >= 11 is 0. The fourth-order valence-electron chi connectivity index (χ4n) is 2.79. The average molecular weight is 266 g/mol. The van der Waals surface area contributed by atoms with Crippen molar-refractivity contribution in [1.29, 1.82) is 0 Å². The van der Waals surface area contributed by atoms with Crippen molar-refractivity contribution in [3.63, 3.8) is 0 Å². The van der Waals surface area contributed by atoms with Crippen molar-refractivity contribution in [2.75, 3.05) is 13.1 Å². The van der Waals surface area contributed by atoms with E-state index >= 15 is 0 Å². The van der Waals surface area contributed by atoms with Gasteiger partial charge in [0, 0.05) is 19.5 Å². The molecule has 3 nitrogen and oxygen atoms in total. The summed E-state index contributed by atoms with van der Waals surface area (Å²) in [7, 11) is 0. The third-order valence-electron chi connectivity index (χ3n) is 3.80. The van der Waals surface area contributed by atoms with Crippen LogP contribution >= 0.6 is 0 Å². The van der Waals surface area contributed by atoms with Gasteiger partial charge in [-0.2, -0.15) is 0 Å². The van der Waals surface area contributed by atoms with Crippen LogP contribution in [0.4, 0.5) is 0 Å². The molecule has 0 aromatic heterocycles. The van der Waals surface area contributed by atoms with E-state index in [9.17, 15) is 4.79 Å². The quantitative estimate of drug-likeness (QED) is 0.890. The molecule has 3 heteroatoms. The highest BCUT2D eigenvalue weighted by Gasteiger charge is 2.41. The Kier molecular flexibility index (Phi) is 3.52. The van der Waals surface area contributed by atoms with Gasteiger partial charge in [-0.05, 0) is 11.1 Å². The van der Waals surface area contributed by atoms with Crippen molar-refractivity contribution in [1.82, 2.24) is 10.6 Å². The van der Waals surface area contributed by atoms with Crippen LogP contribution in [0.3, 0.4) is 0 Å². The van der Waals surface area contributed by atoms with Gasteiger partial charge >= 0.3 is 0 Å². The molecular formula is C17H18N2O. The fraction of sp³-hybridized carbons (Fsp3) is 0.235. The maximum Gasteiger partial charge on any atom is 0.245 e. The summed E-state index contributed by atoms with van der Waals surface area (Å²) in [5.74, 6) is 0.0544. The van der Waals surface area contributed by atoms with Crippen LogP contribution in [-0.2, 0) is 16.8 Å². The lowest BCUT2D eigenvalue weighted by Gasteiger charge is -2.38. The van der Waals surface area contributed by atoms with E-state index in [1.54, 1.807) is 0 Å². The Morgan fingerprint density at radius 3 is 2.20 bits per heavy atom. The molecule has 2 aromatic carbocycles. The summed E-state index contributed by atoms with van der Waals surface area (Å²) in [6.45, 7) is 1.47. The van der Waals surface area contributed by atoms with Crippen LogP contribution in [0.15, 0.2) is 60.7 Å². The number of benzene rings is 2. The van der Waals surface area contributed by atoms with Gasteiger partial charge in [-0.25, -0.2) is 0 Å². The number of carbonyl (C=O) groups is 1. The molecule has 2 aromatic rings. The Bertz CT molecular complexity index is 582. The molecule has 0 saturated carbocycles. The molecule has 1 fully saturated rings. The second-order valence-corrected chi connectivity index (χ2v) is 5.12. The van der Waals surface area contributed by atoms with E-state index in [4.69, 9.17) is 0 Å². The minimum absolute atomic E-state index is 0.0544. The number of piperazine rings is 1. The molecule has 0 aliphatic carbocycles. The highest BCUT2D eigenvalue weighted by atomic mass is 16.2. The number of amides is 1. The second-order valence-electron chi connectivity index (χ2n) is 5.12. The van der Waals surface area contributed by atoms with Crippen LogP contribution in [0, 0.1) is 0 Å². The molecule has 1 heterocycles. The molecule has 1 amide bonds. The summed E-state index contributed by atoms with van der Waals surface area (Å²) in [6, 6.07) is 20.1. The molecule has 20 heavy (non-hydrogen) atoms. The van der Waals surface area contributed by atoms with Crippen molar-refractivity contribution in [2.45, 2.75) is 12.0 Å². The molecule has 2 N–H and O–H groups in total. The number of nitrogens with one attached hydrogen (secondary N) is 2. The molecule has 1 aliphatic heterocycles. The molecule has 1 atom stereocenters. The van der Waals surface area contributed by atoms with E-state index in [1.807, 2.05) is 48.5 Å². The van der Waals surface area contributed by atoms with Crippen molar-refractivity contribution in [3.05, 3.63) is 71.8 Å². The van der Waals surface area contributed by atoms with Crippen LogP contribution in [0.5, 0.6) is 0 Å². The summed E-state index contributed by atoms with van der Waals surface area (Å²) < 4.78 is 0. The highest BCUT2D eigenvalue weighted by Crippen LogP contribution is 2.27. The Morgan fingerprint density at radius 2 is 1.55 bits per heavy atom. The third kappa shape index (κ3) is 2.32. The normalized spacial score (nSPS) is 22.3. The maximum atomic E-state index is 12.5. The van der Waals surface area contributed by atoms with Crippen LogP contribution in [-0.4, -0.2) is 19.0 Å². The summed E-state index contributed by atoms with van der Waals surface area (Å²) in [6.07, 6.45) is 0.656. The zero-order valence-corrected chi connectivity index (χ0v) is 11.3. The van der Waals surface area contributed by atoms with Gasteiger partial charge in [-0.1, -0.05) is 60.7 Å². The van der Waals surface area contributed by atoms with Gasteiger partial charge < -0.3 is 5.32 Å². The molecule has 1 saturated heterocycles. The molecule has 1 unspecified atom stereocenters. The lowest BCUT2D eigenvalue weighted by atomic mass is 9.81. The Hall–Kier alpha value is -2.13. The molecule has 1 aliphatic rings. The smallest absolute Gasteiger partial charge is 0.245 e. The predicted octanol–water partition coefficient (Wildman–Crippen LogP) is 1.84. The van der Waals surface area contributed by atoms with E-state index in [2.05, 4.69) is 22.8 Å². The predicted molar refractivity (Wildman–Crippen MR) is 79.3 cm³/mol.